The van der Waals surface area contributed by atoms with Crippen LogP contribution < -0.4 is 5.32 Å². The largest absolute Gasteiger partial charge is 0.394 e. The Morgan fingerprint density at radius 1 is 0.449 bits per heavy atom. The van der Waals surface area contributed by atoms with E-state index in [0.29, 0.717) is 12.8 Å². The standard InChI is InChI=1S/C69H125NO8/c1-3-5-7-9-11-13-15-17-19-21-23-25-27-29-30-31-32-33-35-36-38-40-42-44-46-48-50-52-54-56-58-63(72)62(61-77-69-68(76)67(75)66(74)64(60-71)78-69)70-65(73)59-57-55-53-51-49-47-45-43-41-39-37-34-28-26-24-22-20-18-16-14-12-10-8-6-4-2/h6,8,12,14,18,20,24,26,34,37,41,43,62-64,66-69,71-72,74-76H,3-5,7,9-11,13,15-17,19,21-23,25,27-33,35-36,38-40,42,44-61H2,1-2H3,(H,70,73)/b8-6-,14-12-,20-18-,26-24-,37-34-,43-41-. The molecule has 0 spiro atoms. The van der Waals surface area contributed by atoms with Crippen LogP contribution in [0.2, 0.25) is 0 Å². The molecule has 0 aromatic rings. The first-order chi connectivity index (χ1) is 38.3. The van der Waals surface area contributed by atoms with E-state index in [9.17, 15) is 30.3 Å². The van der Waals surface area contributed by atoms with Crippen molar-refractivity contribution in [1.29, 1.82) is 0 Å². The molecule has 0 aromatic heterocycles. The maximum atomic E-state index is 13.1. The molecular formula is C69H125NO8. The molecule has 0 radical (unpaired) electrons. The predicted octanol–water partition coefficient (Wildman–Crippen LogP) is 17.6. The van der Waals surface area contributed by atoms with Crippen LogP contribution in [0.1, 0.15) is 303 Å². The van der Waals surface area contributed by atoms with Gasteiger partial charge in [0, 0.05) is 6.42 Å². The van der Waals surface area contributed by atoms with Gasteiger partial charge in [0.1, 0.15) is 24.4 Å². The summed E-state index contributed by atoms with van der Waals surface area (Å²) in [5.41, 5.74) is 0. The summed E-state index contributed by atoms with van der Waals surface area (Å²) in [5.74, 6) is -0.158. The number of amides is 1. The molecule has 0 aliphatic carbocycles. The molecular weight excluding hydrogens is 971 g/mol. The predicted molar refractivity (Wildman–Crippen MR) is 332 cm³/mol. The number of carbonyl (C=O) groups is 1. The van der Waals surface area contributed by atoms with Crippen LogP contribution in [0.3, 0.4) is 0 Å². The number of carbonyl (C=O) groups excluding carboxylic acids is 1. The number of nitrogens with one attached hydrogen (secondary N) is 1. The SMILES string of the molecule is CC/C=C\C/C=C\C/C=C\C/C=C\C/C=C\C/C=C\CCCCCCCCC(=O)NC(COC1OC(CO)C(O)C(O)C1O)C(O)CCCCCCCCCCCCCCCCCCCCCCCCCCCCCCCC. The van der Waals surface area contributed by atoms with Crippen LogP contribution in [0.5, 0.6) is 0 Å². The van der Waals surface area contributed by atoms with Gasteiger partial charge in [0.15, 0.2) is 6.29 Å². The fourth-order valence-electron chi connectivity index (χ4n) is 10.4. The summed E-state index contributed by atoms with van der Waals surface area (Å²) in [6.45, 7) is 3.75. The van der Waals surface area contributed by atoms with Gasteiger partial charge in [-0.25, -0.2) is 0 Å². The fraction of sp³-hybridized carbons (Fsp3) is 0.812. The molecule has 6 N–H and O–H groups in total. The third kappa shape index (κ3) is 46.3. The summed E-state index contributed by atoms with van der Waals surface area (Å²) < 4.78 is 11.3. The quantitative estimate of drug-likeness (QED) is 0.0261. The minimum Gasteiger partial charge on any atom is -0.394 e. The van der Waals surface area contributed by atoms with Crippen LogP contribution >= 0.6 is 0 Å². The van der Waals surface area contributed by atoms with E-state index in [2.05, 4.69) is 92.1 Å². The number of allylic oxidation sites excluding steroid dienone is 12. The number of rotatable bonds is 57. The minimum atomic E-state index is -1.56. The van der Waals surface area contributed by atoms with Crippen LogP contribution in [0.25, 0.3) is 0 Å². The van der Waals surface area contributed by atoms with Gasteiger partial charge in [0.25, 0.3) is 0 Å². The Hall–Kier alpha value is -2.37. The Labute approximate surface area is 480 Å². The van der Waals surface area contributed by atoms with Crippen LogP contribution in [-0.4, -0.2) is 87.5 Å². The maximum absolute atomic E-state index is 13.1. The highest BCUT2D eigenvalue weighted by Crippen LogP contribution is 2.23. The molecule has 9 heteroatoms. The molecule has 78 heavy (non-hydrogen) atoms. The lowest BCUT2D eigenvalue weighted by molar-refractivity contribution is -0.302. The van der Waals surface area contributed by atoms with Crippen molar-refractivity contribution in [2.75, 3.05) is 13.2 Å². The van der Waals surface area contributed by atoms with Crippen molar-refractivity contribution in [3.63, 3.8) is 0 Å². The zero-order chi connectivity index (χ0) is 56.5. The van der Waals surface area contributed by atoms with Gasteiger partial charge >= 0.3 is 0 Å². The molecule has 7 unspecified atom stereocenters. The van der Waals surface area contributed by atoms with Crippen molar-refractivity contribution in [2.24, 2.45) is 0 Å². The molecule has 9 nitrogen and oxygen atoms in total. The molecule has 1 heterocycles. The van der Waals surface area contributed by atoms with Crippen molar-refractivity contribution >= 4 is 5.91 Å². The van der Waals surface area contributed by atoms with Crippen molar-refractivity contribution < 1.29 is 39.8 Å². The Kier molecular flexibility index (Phi) is 54.6. The van der Waals surface area contributed by atoms with E-state index in [0.717, 1.165) is 96.3 Å². The Bertz CT molecular complexity index is 1460. The van der Waals surface area contributed by atoms with Gasteiger partial charge in [-0.3, -0.25) is 4.79 Å². The summed E-state index contributed by atoms with van der Waals surface area (Å²) in [7, 11) is 0. The lowest BCUT2D eigenvalue weighted by Gasteiger charge is -2.40. The van der Waals surface area contributed by atoms with E-state index in [-0.39, 0.29) is 12.5 Å². The zero-order valence-corrected chi connectivity index (χ0v) is 50.7. The molecule has 1 aliphatic rings. The normalized spacial score (nSPS) is 19.1. The smallest absolute Gasteiger partial charge is 0.220 e. The number of aliphatic hydroxyl groups excluding tert-OH is 5. The average Bonchev–Trinajstić information content (AvgIpc) is 3.45. The summed E-state index contributed by atoms with van der Waals surface area (Å²) >= 11 is 0. The van der Waals surface area contributed by atoms with Crippen molar-refractivity contribution in [3.05, 3.63) is 72.9 Å². The van der Waals surface area contributed by atoms with E-state index >= 15 is 0 Å². The number of aliphatic hydroxyl groups is 5. The minimum absolute atomic E-state index is 0.147. The van der Waals surface area contributed by atoms with E-state index in [1.54, 1.807) is 0 Å². The zero-order valence-electron chi connectivity index (χ0n) is 50.7. The van der Waals surface area contributed by atoms with Crippen molar-refractivity contribution in [2.45, 2.75) is 346 Å². The Balaban J connectivity index is 2.16. The van der Waals surface area contributed by atoms with Crippen molar-refractivity contribution in [1.82, 2.24) is 5.32 Å². The first-order valence-corrected chi connectivity index (χ1v) is 33.1. The highest BCUT2D eigenvalue weighted by Gasteiger charge is 2.44. The molecule has 454 valence electrons. The Morgan fingerprint density at radius 3 is 1.18 bits per heavy atom. The number of hydrogen-bond donors (Lipinski definition) is 6. The molecule has 1 saturated heterocycles. The van der Waals surface area contributed by atoms with Gasteiger partial charge < -0.3 is 40.3 Å². The second kappa shape index (κ2) is 57.8. The first kappa shape index (κ1) is 73.6. The monoisotopic (exact) mass is 1100 g/mol. The summed E-state index contributed by atoms with van der Waals surface area (Å²) in [6, 6.07) is -0.734. The highest BCUT2D eigenvalue weighted by molar-refractivity contribution is 5.76. The average molecular weight is 1100 g/mol. The molecule has 1 amide bonds. The molecule has 1 fully saturated rings. The lowest BCUT2D eigenvalue weighted by Crippen LogP contribution is -2.60. The van der Waals surface area contributed by atoms with Crippen LogP contribution in [-0.2, 0) is 14.3 Å². The van der Waals surface area contributed by atoms with Crippen LogP contribution in [0.15, 0.2) is 72.9 Å². The number of unbranched alkanes of at least 4 members (excludes halogenated alkanes) is 35. The molecule has 7 atom stereocenters. The topological polar surface area (TPSA) is 149 Å². The fourth-order valence-corrected chi connectivity index (χ4v) is 10.4. The molecule has 0 aromatic carbocycles. The summed E-state index contributed by atoms with van der Waals surface area (Å²) in [6.07, 6.45) is 73.8. The second-order valence-corrected chi connectivity index (χ2v) is 22.9. The lowest BCUT2D eigenvalue weighted by atomic mass is 9.99. The molecule has 1 aliphatic heterocycles. The number of hydrogen-bond acceptors (Lipinski definition) is 8. The third-order valence-electron chi connectivity index (χ3n) is 15.6. The van der Waals surface area contributed by atoms with Gasteiger partial charge in [-0.1, -0.05) is 305 Å². The summed E-state index contributed by atoms with van der Waals surface area (Å²) in [4.78, 5) is 13.1. The second-order valence-electron chi connectivity index (χ2n) is 22.9. The van der Waals surface area contributed by atoms with E-state index in [1.165, 1.54) is 180 Å². The van der Waals surface area contributed by atoms with Gasteiger partial charge in [-0.05, 0) is 64.2 Å². The van der Waals surface area contributed by atoms with Crippen LogP contribution in [0.4, 0.5) is 0 Å². The number of ether oxygens (including phenoxy) is 2. The molecule has 0 saturated carbocycles. The molecule has 1 rings (SSSR count). The van der Waals surface area contributed by atoms with Crippen molar-refractivity contribution in [3.8, 4) is 0 Å². The highest BCUT2D eigenvalue weighted by atomic mass is 16.7. The van der Waals surface area contributed by atoms with Gasteiger partial charge in [0.2, 0.25) is 5.91 Å². The van der Waals surface area contributed by atoms with Gasteiger partial charge in [-0.2, -0.15) is 0 Å². The van der Waals surface area contributed by atoms with E-state index in [1.807, 2.05) is 0 Å². The van der Waals surface area contributed by atoms with Crippen LogP contribution in [0, 0.1) is 0 Å². The van der Waals surface area contributed by atoms with Gasteiger partial charge in [0.05, 0.1) is 25.4 Å². The Morgan fingerprint density at radius 2 is 0.795 bits per heavy atom. The first-order valence-electron chi connectivity index (χ1n) is 33.1. The summed E-state index contributed by atoms with van der Waals surface area (Å²) in [5, 5.41) is 54.9. The van der Waals surface area contributed by atoms with E-state index in [4.69, 9.17) is 9.47 Å². The maximum Gasteiger partial charge on any atom is 0.220 e. The van der Waals surface area contributed by atoms with Gasteiger partial charge in [-0.15, -0.1) is 0 Å². The van der Waals surface area contributed by atoms with E-state index < -0.39 is 49.5 Å². The molecule has 0 bridgehead atoms. The third-order valence-corrected chi connectivity index (χ3v) is 15.6.